The summed E-state index contributed by atoms with van der Waals surface area (Å²) in [6.45, 7) is 2.16. The molecule has 0 aliphatic rings. The normalized spacial score (nSPS) is 9.50. The van der Waals surface area contributed by atoms with Gasteiger partial charge in [0.05, 0.1) is 6.54 Å². The first-order chi connectivity index (χ1) is 9.69. The minimum absolute atomic E-state index is 0.270. The smallest absolute Gasteiger partial charge is 0.274 e. The molecule has 0 unspecified atom stereocenters. The van der Waals surface area contributed by atoms with Crippen molar-refractivity contribution in [3.8, 4) is 11.8 Å². The third-order valence-corrected chi connectivity index (χ3v) is 2.49. The van der Waals surface area contributed by atoms with Crippen molar-refractivity contribution in [2.24, 2.45) is 5.73 Å². The first-order valence-electron chi connectivity index (χ1n) is 6.08. The Hall–Kier alpha value is -2.71. The van der Waals surface area contributed by atoms with Crippen molar-refractivity contribution in [2.45, 2.75) is 6.92 Å². The SMILES string of the molecule is Cc1cc(NC(=O)c2ccc(C#CCN)cn2)ccn1. The molecule has 100 valence electrons. The van der Waals surface area contributed by atoms with Crippen molar-refractivity contribution >= 4 is 11.6 Å². The minimum atomic E-state index is -0.270. The molecule has 2 heterocycles. The van der Waals surface area contributed by atoms with Crippen LogP contribution in [0.2, 0.25) is 0 Å². The van der Waals surface area contributed by atoms with Gasteiger partial charge in [-0.3, -0.25) is 9.78 Å². The van der Waals surface area contributed by atoms with Gasteiger partial charge in [0.1, 0.15) is 5.69 Å². The molecule has 0 radical (unpaired) electrons. The molecule has 0 atom stereocenters. The number of rotatable bonds is 2. The Bertz CT molecular complexity index is 668. The highest BCUT2D eigenvalue weighted by Crippen LogP contribution is 2.09. The van der Waals surface area contributed by atoms with E-state index in [9.17, 15) is 4.79 Å². The molecule has 0 saturated carbocycles. The maximum Gasteiger partial charge on any atom is 0.274 e. The van der Waals surface area contributed by atoms with Gasteiger partial charge in [-0.25, -0.2) is 4.98 Å². The van der Waals surface area contributed by atoms with Gasteiger partial charge in [0.25, 0.3) is 5.91 Å². The molecule has 0 aliphatic carbocycles. The zero-order chi connectivity index (χ0) is 14.4. The van der Waals surface area contributed by atoms with Crippen LogP contribution in [-0.2, 0) is 0 Å². The summed E-state index contributed by atoms with van der Waals surface area (Å²) in [4.78, 5) is 20.1. The van der Waals surface area contributed by atoms with Crippen molar-refractivity contribution in [2.75, 3.05) is 11.9 Å². The highest BCUT2D eigenvalue weighted by atomic mass is 16.1. The maximum atomic E-state index is 12.0. The molecule has 2 rings (SSSR count). The standard InChI is InChI=1S/C15H14N4O/c1-11-9-13(6-8-17-11)19-15(20)14-5-4-12(10-18-14)3-2-7-16/h4-6,8-10H,7,16H2,1H3,(H,17,19,20). The van der Waals surface area contributed by atoms with Crippen LogP contribution in [0.4, 0.5) is 5.69 Å². The van der Waals surface area contributed by atoms with Crippen LogP contribution >= 0.6 is 0 Å². The Morgan fingerprint density at radius 1 is 1.35 bits per heavy atom. The number of anilines is 1. The molecule has 1 amide bonds. The first kappa shape index (κ1) is 13.7. The first-order valence-corrected chi connectivity index (χ1v) is 6.08. The van der Waals surface area contributed by atoms with Gasteiger partial charge in [-0.1, -0.05) is 11.8 Å². The van der Waals surface area contributed by atoms with E-state index in [4.69, 9.17) is 5.73 Å². The van der Waals surface area contributed by atoms with Crippen LogP contribution in [0.1, 0.15) is 21.7 Å². The highest BCUT2D eigenvalue weighted by Gasteiger charge is 2.07. The Morgan fingerprint density at radius 3 is 2.85 bits per heavy atom. The average molecular weight is 266 g/mol. The van der Waals surface area contributed by atoms with E-state index in [1.807, 2.05) is 6.92 Å². The largest absolute Gasteiger partial charge is 0.321 e. The Balaban J connectivity index is 2.09. The van der Waals surface area contributed by atoms with Gasteiger partial charge in [-0.2, -0.15) is 0 Å². The average Bonchev–Trinajstić information content (AvgIpc) is 2.45. The fraction of sp³-hybridized carbons (Fsp3) is 0.133. The van der Waals surface area contributed by atoms with E-state index in [1.54, 1.807) is 36.7 Å². The molecule has 0 aromatic carbocycles. The molecular weight excluding hydrogens is 252 g/mol. The second kappa shape index (κ2) is 6.45. The number of amides is 1. The van der Waals surface area contributed by atoms with E-state index in [2.05, 4.69) is 27.1 Å². The molecule has 0 spiro atoms. The predicted octanol–water partition coefficient (Wildman–Crippen LogP) is 1.35. The number of carbonyl (C=O) groups excluding carboxylic acids is 1. The summed E-state index contributed by atoms with van der Waals surface area (Å²) in [6.07, 6.45) is 3.19. The van der Waals surface area contributed by atoms with Crippen LogP contribution in [-0.4, -0.2) is 22.4 Å². The molecule has 5 heteroatoms. The van der Waals surface area contributed by atoms with Gasteiger partial charge in [0.15, 0.2) is 0 Å². The van der Waals surface area contributed by atoms with E-state index in [0.717, 1.165) is 11.3 Å². The molecule has 0 bridgehead atoms. The van der Waals surface area contributed by atoms with Crippen molar-refractivity contribution < 1.29 is 4.79 Å². The van der Waals surface area contributed by atoms with E-state index >= 15 is 0 Å². The molecule has 3 N–H and O–H groups in total. The van der Waals surface area contributed by atoms with Crippen LogP contribution < -0.4 is 11.1 Å². The van der Waals surface area contributed by atoms with E-state index < -0.39 is 0 Å². The van der Waals surface area contributed by atoms with Crippen LogP contribution in [0.15, 0.2) is 36.7 Å². The van der Waals surface area contributed by atoms with Crippen molar-refractivity contribution in [3.63, 3.8) is 0 Å². The molecule has 0 fully saturated rings. The lowest BCUT2D eigenvalue weighted by atomic mass is 10.2. The van der Waals surface area contributed by atoms with Gasteiger partial charge in [-0.15, -0.1) is 0 Å². The number of carbonyl (C=O) groups is 1. The van der Waals surface area contributed by atoms with Gasteiger partial charge in [0, 0.05) is 29.3 Å². The van der Waals surface area contributed by atoms with Crippen LogP contribution in [0.5, 0.6) is 0 Å². The summed E-state index contributed by atoms with van der Waals surface area (Å²) in [5, 5.41) is 2.76. The van der Waals surface area contributed by atoms with Gasteiger partial charge >= 0.3 is 0 Å². The second-order valence-corrected chi connectivity index (χ2v) is 4.08. The molecule has 0 saturated heterocycles. The third-order valence-electron chi connectivity index (χ3n) is 2.49. The number of nitrogens with zero attached hydrogens (tertiary/aromatic N) is 2. The van der Waals surface area contributed by atoms with Crippen LogP contribution in [0, 0.1) is 18.8 Å². The summed E-state index contributed by atoms with van der Waals surface area (Å²) < 4.78 is 0. The lowest BCUT2D eigenvalue weighted by molar-refractivity contribution is 0.102. The number of aromatic nitrogens is 2. The van der Waals surface area contributed by atoms with Crippen molar-refractivity contribution in [1.29, 1.82) is 0 Å². The lowest BCUT2D eigenvalue weighted by Crippen LogP contribution is -2.13. The number of pyridine rings is 2. The van der Waals surface area contributed by atoms with E-state index in [-0.39, 0.29) is 5.91 Å². The van der Waals surface area contributed by atoms with E-state index in [0.29, 0.717) is 17.9 Å². The van der Waals surface area contributed by atoms with Crippen LogP contribution in [0.25, 0.3) is 0 Å². The summed E-state index contributed by atoms with van der Waals surface area (Å²) in [5.41, 5.74) is 7.88. The minimum Gasteiger partial charge on any atom is -0.321 e. The van der Waals surface area contributed by atoms with Crippen molar-refractivity contribution in [3.05, 3.63) is 53.6 Å². The Kier molecular flexibility index (Phi) is 4.43. The quantitative estimate of drug-likeness (QED) is 0.804. The monoisotopic (exact) mass is 266 g/mol. The fourth-order valence-corrected chi connectivity index (χ4v) is 1.57. The zero-order valence-corrected chi connectivity index (χ0v) is 11.1. The lowest BCUT2D eigenvalue weighted by Gasteiger charge is -2.05. The summed E-state index contributed by atoms with van der Waals surface area (Å²) in [5.74, 6) is 5.31. The van der Waals surface area contributed by atoms with Crippen LogP contribution in [0.3, 0.4) is 0 Å². The summed E-state index contributed by atoms with van der Waals surface area (Å²) >= 11 is 0. The molecular formula is C15H14N4O. The van der Waals surface area contributed by atoms with E-state index in [1.165, 1.54) is 0 Å². The Morgan fingerprint density at radius 2 is 2.20 bits per heavy atom. The van der Waals surface area contributed by atoms with Crippen molar-refractivity contribution in [1.82, 2.24) is 9.97 Å². The number of nitrogens with two attached hydrogens (primary N) is 1. The highest BCUT2D eigenvalue weighted by molar-refractivity contribution is 6.02. The van der Waals surface area contributed by atoms with Gasteiger partial charge < -0.3 is 11.1 Å². The summed E-state index contributed by atoms with van der Waals surface area (Å²) in [6, 6.07) is 6.89. The second-order valence-electron chi connectivity index (χ2n) is 4.08. The molecule has 2 aromatic heterocycles. The van der Waals surface area contributed by atoms with Gasteiger partial charge in [-0.05, 0) is 31.2 Å². The number of hydrogen-bond acceptors (Lipinski definition) is 4. The maximum absolute atomic E-state index is 12.0. The molecule has 2 aromatic rings. The zero-order valence-electron chi connectivity index (χ0n) is 11.1. The fourth-order valence-electron chi connectivity index (χ4n) is 1.57. The third kappa shape index (κ3) is 3.64. The van der Waals surface area contributed by atoms with Gasteiger partial charge in [0.2, 0.25) is 0 Å². The Labute approximate surface area is 117 Å². The number of hydrogen-bond donors (Lipinski definition) is 2. The topological polar surface area (TPSA) is 80.9 Å². The predicted molar refractivity (Wildman–Crippen MR) is 77.1 cm³/mol. The summed E-state index contributed by atoms with van der Waals surface area (Å²) in [7, 11) is 0. The number of nitrogens with one attached hydrogen (secondary N) is 1. The molecule has 5 nitrogen and oxygen atoms in total. The molecule has 0 aliphatic heterocycles. The number of aryl methyl sites for hydroxylation is 1. The molecule has 20 heavy (non-hydrogen) atoms.